The smallest absolute Gasteiger partial charge is 0.304 e. The Morgan fingerprint density at radius 1 is 1.71 bits per heavy atom. The molecule has 0 aromatic carbocycles. The van der Waals surface area contributed by atoms with Crippen LogP contribution in [0, 0.1) is 0 Å². The van der Waals surface area contributed by atoms with E-state index in [0.717, 1.165) is 13.0 Å². The highest BCUT2D eigenvalue weighted by Gasteiger charge is 2.09. The van der Waals surface area contributed by atoms with E-state index in [2.05, 4.69) is 5.32 Å². The highest BCUT2D eigenvalue weighted by Crippen LogP contribution is 2.09. The summed E-state index contributed by atoms with van der Waals surface area (Å²) < 4.78 is 0. The molecule has 0 radical (unpaired) electrons. The molecule has 1 aromatic heterocycles. The van der Waals surface area contributed by atoms with Crippen LogP contribution in [0.15, 0.2) is 17.5 Å². The summed E-state index contributed by atoms with van der Waals surface area (Å²) in [6, 6.07) is 4.12. The van der Waals surface area contributed by atoms with E-state index in [0.29, 0.717) is 0 Å². The van der Waals surface area contributed by atoms with Crippen LogP contribution in [0.2, 0.25) is 0 Å². The van der Waals surface area contributed by atoms with Crippen molar-refractivity contribution >= 4 is 17.3 Å². The van der Waals surface area contributed by atoms with Gasteiger partial charge < -0.3 is 10.4 Å². The lowest BCUT2D eigenvalue weighted by Gasteiger charge is -2.13. The van der Waals surface area contributed by atoms with Gasteiger partial charge in [-0.05, 0) is 17.9 Å². The van der Waals surface area contributed by atoms with Crippen molar-refractivity contribution in [2.45, 2.75) is 32.4 Å². The Bertz CT molecular complexity index is 272. The summed E-state index contributed by atoms with van der Waals surface area (Å²) in [5, 5.41) is 13.9. The molecule has 14 heavy (non-hydrogen) atoms. The standard InChI is InChI=1S/C10H15NO2S/c1-2-8(6-10(12)13)11-7-9-4-3-5-14-9/h3-5,8,11H,2,6-7H2,1H3,(H,12,13). The van der Waals surface area contributed by atoms with Crippen molar-refractivity contribution in [3.05, 3.63) is 22.4 Å². The van der Waals surface area contributed by atoms with Gasteiger partial charge in [-0.2, -0.15) is 0 Å². The fraction of sp³-hybridized carbons (Fsp3) is 0.500. The maximum atomic E-state index is 10.5. The van der Waals surface area contributed by atoms with Crippen molar-refractivity contribution in [3.63, 3.8) is 0 Å². The zero-order valence-corrected chi connectivity index (χ0v) is 9.01. The Labute approximate surface area is 87.8 Å². The second-order valence-corrected chi connectivity index (χ2v) is 4.20. The van der Waals surface area contributed by atoms with Crippen LogP contribution in [-0.2, 0) is 11.3 Å². The van der Waals surface area contributed by atoms with Gasteiger partial charge in [0.2, 0.25) is 0 Å². The lowest BCUT2D eigenvalue weighted by molar-refractivity contribution is -0.137. The highest BCUT2D eigenvalue weighted by molar-refractivity contribution is 7.09. The van der Waals surface area contributed by atoms with E-state index in [1.165, 1.54) is 4.88 Å². The van der Waals surface area contributed by atoms with Crippen LogP contribution in [0.5, 0.6) is 0 Å². The molecule has 1 atom stereocenters. The van der Waals surface area contributed by atoms with E-state index in [4.69, 9.17) is 5.11 Å². The predicted molar refractivity (Wildman–Crippen MR) is 57.5 cm³/mol. The van der Waals surface area contributed by atoms with E-state index in [1.807, 2.05) is 24.4 Å². The van der Waals surface area contributed by atoms with E-state index in [-0.39, 0.29) is 12.5 Å². The summed E-state index contributed by atoms with van der Waals surface area (Å²) in [6.45, 7) is 2.76. The summed E-state index contributed by atoms with van der Waals surface area (Å²) in [6.07, 6.45) is 1.04. The molecule has 1 aromatic rings. The van der Waals surface area contributed by atoms with Gasteiger partial charge in [0.1, 0.15) is 0 Å². The molecule has 1 rings (SSSR count). The van der Waals surface area contributed by atoms with Gasteiger partial charge in [0.05, 0.1) is 6.42 Å². The Kier molecular flexibility index (Phi) is 4.62. The van der Waals surface area contributed by atoms with Crippen molar-refractivity contribution in [1.82, 2.24) is 5.32 Å². The van der Waals surface area contributed by atoms with Gasteiger partial charge in [0, 0.05) is 17.5 Å². The monoisotopic (exact) mass is 213 g/mol. The third-order valence-corrected chi connectivity index (χ3v) is 2.94. The molecule has 4 heteroatoms. The molecule has 0 aliphatic rings. The summed E-state index contributed by atoms with van der Waals surface area (Å²) >= 11 is 1.68. The minimum absolute atomic E-state index is 0.0783. The molecule has 0 aliphatic heterocycles. The van der Waals surface area contributed by atoms with E-state index in [9.17, 15) is 4.79 Å². The van der Waals surface area contributed by atoms with Crippen molar-refractivity contribution in [2.75, 3.05) is 0 Å². The topological polar surface area (TPSA) is 49.3 Å². The fourth-order valence-corrected chi connectivity index (χ4v) is 1.89. The molecule has 0 saturated heterocycles. The summed E-state index contributed by atoms with van der Waals surface area (Å²) in [5.41, 5.74) is 0. The number of thiophene rings is 1. The van der Waals surface area contributed by atoms with Crippen LogP contribution in [-0.4, -0.2) is 17.1 Å². The maximum Gasteiger partial charge on any atom is 0.304 e. The number of carboxylic acid groups (broad SMARTS) is 1. The number of carbonyl (C=O) groups is 1. The Morgan fingerprint density at radius 3 is 3.00 bits per heavy atom. The number of nitrogens with one attached hydrogen (secondary N) is 1. The summed E-state index contributed by atoms with van der Waals surface area (Å²) in [4.78, 5) is 11.7. The molecule has 0 saturated carbocycles. The van der Waals surface area contributed by atoms with E-state index < -0.39 is 5.97 Å². The first-order valence-electron chi connectivity index (χ1n) is 4.70. The van der Waals surface area contributed by atoms with E-state index in [1.54, 1.807) is 11.3 Å². The van der Waals surface area contributed by atoms with Crippen LogP contribution in [0.1, 0.15) is 24.6 Å². The molecule has 0 bridgehead atoms. The molecular formula is C10H15NO2S. The number of hydrogen-bond acceptors (Lipinski definition) is 3. The number of rotatable bonds is 6. The number of hydrogen-bond donors (Lipinski definition) is 2. The molecule has 3 nitrogen and oxygen atoms in total. The maximum absolute atomic E-state index is 10.5. The van der Waals surface area contributed by atoms with Gasteiger partial charge in [-0.25, -0.2) is 0 Å². The molecule has 1 unspecified atom stereocenters. The molecular weight excluding hydrogens is 198 g/mol. The van der Waals surface area contributed by atoms with E-state index >= 15 is 0 Å². The highest BCUT2D eigenvalue weighted by atomic mass is 32.1. The predicted octanol–water partition coefficient (Wildman–Crippen LogP) is 2.09. The zero-order chi connectivity index (χ0) is 10.4. The second-order valence-electron chi connectivity index (χ2n) is 3.16. The Balaban J connectivity index is 2.30. The third-order valence-electron chi connectivity index (χ3n) is 2.06. The molecule has 2 N–H and O–H groups in total. The summed E-state index contributed by atoms with van der Waals surface area (Å²) in [7, 11) is 0. The second kappa shape index (κ2) is 5.78. The van der Waals surface area contributed by atoms with Crippen LogP contribution in [0.25, 0.3) is 0 Å². The lowest BCUT2D eigenvalue weighted by Crippen LogP contribution is -2.29. The zero-order valence-electron chi connectivity index (χ0n) is 8.19. The molecule has 1 heterocycles. The van der Waals surface area contributed by atoms with Crippen LogP contribution < -0.4 is 5.32 Å². The first-order valence-corrected chi connectivity index (χ1v) is 5.58. The van der Waals surface area contributed by atoms with Crippen molar-refractivity contribution in [1.29, 1.82) is 0 Å². The molecule has 0 fully saturated rings. The normalized spacial score (nSPS) is 12.6. The van der Waals surface area contributed by atoms with Gasteiger partial charge in [0.25, 0.3) is 0 Å². The van der Waals surface area contributed by atoms with Crippen LogP contribution >= 0.6 is 11.3 Å². The van der Waals surface area contributed by atoms with Crippen LogP contribution in [0.4, 0.5) is 0 Å². The molecule has 0 spiro atoms. The first-order chi connectivity index (χ1) is 6.72. The SMILES string of the molecule is CCC(CC(=O)O)NCc1cccs1. The Morgan fingerprint density at radius 2 is 2.50 bits per heavy atom. The molecule has 78 valence electrons. The van der Waals surface area contributed by atoms with Crippen molar-refractivity contribution in [2.24, 2.45) is 0 Å². The minimum atomic E-state index is -0.740. The number of carboxylic acids is 1. The third kappa shape index (κ3) is 3.89. The van der Waals surface area contributed by atoms with Gasteiger partial charge in [0.15, 0.2) is 0 Å². The van der Waals surface area contributed by atoms with Crippen molar-refractivity contribution < 1.29 is 9.90 Å². The molecule has 0 aliphatic carbocycles. The summed E-state index contributed by atoms with van der Waals surface area (Å²) in [5.74, 6) is -0.740. The Hall–Kier alpha value is -0.870. The van der Waals surface area contributed by atoms with Crippen LogP contribution in [0.3, 0.4) is 0 Å². The van der Waals surface area contributed by atoms with Crippen molar-refractivity contribution in [3.8, 4) is 0 Å². The lowest BCUT2D eigenvalue weighted by atomic mass is 10.1. The van der Waals surface area contributed by atoms with Gasteiger partial charge in [-0.15, -0.1) is 11.3 Å². The molecule has 0 amide bonds. The van der Waals surface area contributed by atoms with Gasteiger partial charge in [-0.3, -0.25) is 4.79 Å². The quantitative estimate of drug-likeness (QED) is 0.760. The minimum Gasteiger partial charge on any atom is -0.481 e. The van der Waals surface area contributed by atoms with Gasteiger partial charge in [-0.1, -0.05) is 13.0 Å². The number of aliphatic carboxylic acids is 1. The average Bonchev–Trinajstić information content (AvgIpc) is 2.64. The van der Waals surface area contributed by atoms with Gasteiger partial charge >= 0.3 is 5.97 Å². The largest absolute Gasteiger partial charge is 0.481 e. The first kappa shape index (κ1) is 11.2. The average molecular weight is 213 g/mol. The fourth-order valence-electron chi connectivity index (χ4n) is 1.23.